The Morgan fingerprint density at radius 3 is 2.86 bits per heavy atom. The van der Waals surface area contributed by atoms with Gasteiger partial charge in [-0.25, -0.2) is 0 Å². The Bertz CT molecular complexity index is 524. The molecule has 1 saturated heterocycles. The van der Waals surface area contributed by atoms with Crippen molar-refractivity contribution in [2.24, 2.45) is 0 Å². The van der Waals surface area contributed by atoms with E-state index in [4.69, 9.17) is 11.6 Å². The molecule has 0 unspecified atom stereocenters. The van der Waals surface area contributed by atoms with Crippen LogP contribution in [0.15, 0.2) is 24.3 Å². The third-order valence-electron chi connectivity index (χ3n) is 3.27. The fourth-order valence-corrected chi connectivity index (χ4v) is 3.17. The Balaban J connectivity index is 1.93. The van der Waals surface area contributed by atoms with Crippen molar-refractivity contribution in [3.8, 4) is 0 Å². The van der Waals surface area contributed by atoms with Crippen LogP contribution in [0.4, 0.5) is 5.69 Å². The second-order valence-corrected chi connectivity index (χ2v) is 6.43. The molecule has 0 aliphatic carbocycles. The molecule has 1 aliphatic rings. The molecule has 0 bridgehead atoms. The zero-order valence-corrected chi connectivity index (χ0v) is 13.6. The summed E-state index contributed by atoms with van der Waals surface area (Å²) in [7, 11) is 0. The molecule has 0 radical (unpaired) electrons. The van der Waals surface area contributed by atoms with E-state index in [1.807, 2.05) is 12.1 Å². The second kappa shape index (κ2) is 7.71. The summed E-state index contributed by atoms with van der Waals surface area (Å²) in [4.78, 5) is 27.6. The summed E-state index contributed by atoms with van der Waals surface area (Å²) in [5.74, 6) is 1.42. The Morgan fingerprint density at radius 1 is 1.38 bits per heavy atom. The van der Waals surface area contributed by atoms with E-state index in [-0.39, 0.29) is 18.4 Å². The molecular weight excluding hydrogens is 308 g/mol. The van der Waals surface area contributed by atoms with Crippen molar-refractivity contribution < 1.29 is 9.59 Å². The lowest BCUT2D eigenvalue weighted by atomic mass is 10.2. The maximum Gasteiger partial charge on any atom is 0.246 e. The van der Waals surface area contributed by atoms with Gasteiger partial charge in [-0.3, -0.25) is 9.59 Å². The first-order valence-corrected chi connectivity index (χ1v) is 8.56. The van der Waals surface area contributed by atoms with Gasteiger partial charge in [0.05, 0.1) is 5.75 Å². The molecular formula is C15H19ClN2O2S. The first-order valence-electron chi connectivity index (χ1n) is 7.03. The maximum atomic E-state index is 12.2. The quantitative estimate of drug-likeness (QED) is 0.781. The van der Waals surface area contributed by atoms with Crippen LogP contribution in [0.1, 0.15) is 13.3 Å². The average molecular weight is 327 g/mol. The molecule has 6 heteroatoms. The second-order valence-electron chi connectivity index (χ2n) is 4.89. The fourth-order valence-electron chi connectivity index (χ4n) is 2.20. The first-order chi connectivity index (χ1) is 10.1. The Morgan fingerprint density at radius 2 is 2.19 bits per heavy atom. The summed E-state index contributed by atoms with van der Waals surface area (Å²) in [6, 6.07) is 7.23. The Kier molecular flexibility index (Phi) is 5.94. The van der Waals surface area contributed by atoms with Gasteiger partial charge in [-0.1, -0.05) is 24.6 Å². The van der Waals surface area contributed by atoms with Gasteiger partial charge < -0.3 is 9.80 Å². The van der Waals surface area contributed by atoms with Crippen molar-refractivity contribution >= 4 is 40.9 Å². The van der Waals surface area contributed by atoms with Gasteiger partial charge in [0, 0.05) is 23.8 Å². The normalized spacial score (nSPS) is 15.4. The first kappa shape index (κ1) is 16.2. The zero-order chi connectivity index (χ0) is 15.2. The van der Waals surface area contributed by atoms with Crippen LogP contribution in [0.25, 0.3) is 0 Å². The molecule has 0 N–H and O–H groups in total. The molecule has 2 amide bonds. The zero-order valence-electron chi connectivity index (χ0n) is 12.0. The minimum atomic E-state index is -0.0580. The number of hydrogen-bond donors (Lipinski definition) is 0. The third-order valence-corrected chi connectivity index (χ3v) is 4.65. The largest absolute Gasteiger partial charge is 0.331 e. The van der Waals surface area contributed by atoms with Crippen molar-refractivity contribution in [1.82, 2.24) is 4.90 Å². The predicted octanol–water partition coefficient (Wildman–Crippen LogP) is 2.66. The molecule has 0 aromatic heterocycles. The fraction of sp³-hybridized carbons (Fsp3) is 0.467. The highest BCUT2D eigenvalue weighted by Gasteiger charge is 2.27. The predicted molar refractivity (Wildman–Crippen MR) is 88.0 cm³/mol. The van der Waals surface area contributed by atoms with E-state index < -0.39 is 0 Å². The minimum absolute atomic E-state index is 0.0487. The monoisotopic (exact) mass is 326 g/mol. The lowest BCUT2D eigenvalue weighted by Crippen LogP contribution is -2.52. The topological polar surface area (TPSA) is 40.6 Å². The van der Waals surface area contributed by atoms with Crippen LogP contribution < -0.4 is 4.90 Å². The van der Waals surface area contributed by atoms with E-state index in [1.54, 1.807) is 33.7 Å². The van der Waals surface area contributed by atoms with Crippen molar-refractivity contribution in [2.45, 2.75) is 13.3 Å². The maximum absolute atomic E-state index is 12.2. The summed E-state index contributed by atoms with van der Waals surface area (Å²) in [6.45, 7) is 3.33. The van der Waals surface area contributed by atoms with Gasteiger partial charge in [0.2, 0.25) is 11.8 Å². The molecule has 114 valence electrons. The molecule has 1 heterocycles. The average Bonchev–Trinajstić information content (AvgIpc) is 2.47. The molecule has 1 aromatic rings. The van der Waals surface area contributed by atoms with Crippen molar-refractivity contribution in [3.05, 3.63) is 29.3 Å². The van der Waals surface area contributed by atoms with E-state index in [9.17, 15) is 9.59 Å². The van der Waals surface area contributed by atoms with Crippen molar-refractivity contribution in [2.75, 3.05) is 36.0 Å². The Hall–Kier alpha value is -1.20. The lowest BCUT2D eigenvalue weighted by Gasteiger charge is -2.34. The number of anilines is 1. The molecule has 0 spiro atoms. The van der Waals surface area contributed by atoms with Gasteiger partial charge in [-0.05, 0) is 30.4 Å². The number of rotatable bonds is 5. The molecule has 4 nitrogen and oxygen atoms in total. The summed E-state index contributed by atoms with van der Waals surface area (Å²) in [5.41, 5.74) is 0.792. The highest BCUT2D eigenvalue weighted by molar-refractivity contribution is 7.99. The SMILES string of the molecule is CCCSCC(=O)N1CCN(c2cccc(Cl)c2)C(=O)C1. The molecule has 1 aliphatic heterocycles. The number of amides is 2. The number of benzene rings is 1. The molecule has 21 heavy (non-hydrogen) atoms. The standard InChI is InChI=1S/C15H19ClN2O2S/c1-2-8-21-11-15(20)17-6-7-18(14(19)10-17)13-5-3-4-12(16)9-13/h3-5,9H,2,6-8,10-11H2,1H3. The lowest BCUT2D eigenvalue weighted by molar-refractivity contribution is -0.134. The highest BCUT2D eigenvalue weighted by Crippen LogP contribution is 2.21. The smallest absolute Gasteiger partial charge is 0.246 e. The third kappa shape index (κ3) is 4.38. The summed E-state index contributed by atoms with van der Waals surface area (Å²) < 4.78 is 0. The molecule has 2 rings (SSSR count). The number of hydrogen-bond acceptors (Lipinski definition) is 3. The van der Waals surface area contributed by atoms with Crippen LogP contribution in [0.5, 0.6) is 0 Å². The van der Waals surface area contributed by atoms with Gasteiger partial charge in [0.1, 0.15) is 6.54 Å². The van der Waals surface area contributed by atoms with E-state index >= 15 is 0 Å². The van der Waals surface area contributed by atoms with Gasteiger partial charge in [0.15, 0.2) is 0 Å². The molecule has 0 saturated carbocycles. The number of carbonyl (C=O) groups excluding carboxylic acids is 2. The van der Waals surface area contributed by atoms with Gasteiger partial charge in [-0.15, -0.1) is 0 Å². The van der Waals surface area contributed by atoms with E-state index in [0.717, 1.165) is 17.9 Å². The summed E-state index contributed by atoms with van der Waals surface area (Å²) in [5, 5.41) is 0.606. The van der Waals surface area contributed by atoms with Gasteiger partial charge >= 0.3 is 0 Å². The van der Waals surface area contributed by atoms with E-state index in [0.29, 0.717) is 23.9 Å². The number of halogens is 1. The van der Waals surface area contributed by atoms with Crippen LogP contribution in [0.3, 0.4) is 0 Å². The number of thioether (sulfide) groups is 1. The van der Waals surface area contributed by atoms with Crippen LogP contribution in [-0.2, 0) is 9.59 Å². The summed E-state index contributed by atoms with van der Waals surface area (Å²) >= 11 is 7.58. The van der Waals surface area contributed by atoms with E-state index in [2.05, 4.69) is 6.92 Å². The van der Waals surface area contributed by atoms with Crippen LogP contribution in [-0.4, -0.2) is 47.9 Å². The number of carbonyl (C=O) groups is 2. The summed E-state index contributed by atoms with van der Waals surface area (Å²) in [6.07, 6.45) is 1.05. The Labute approximate surface area is 134 Å². The van der Waals surface area contributed by atoms with Gasteiger partial charge in [0.25, 0.3) is 0 Å². The molecule has 1 fully saturated rings. The van der Waals surface area contributed by atoms with Crippen molar-refractivity contribution in [3.63, 3.8) is 0 Å². The van der Waals surface area contributed by atoms with Crippen molar-refractivity contribution in [1.29, 1.82) is 0 Å². The highest BCUT2D eigenvalue weighted by atomic mass is 35.5. The number of nitrogens with zero attached hydrogens (tertiary/aromatic N) is 2. The molecule has 0 atom stereocenters. The number of piperazine rings is 1. The molecule has 1 aromatic carbocycles. The van der Waals surface area contributed by atoms with Gasteiger partial charge in [-0.2, -0.15) is 11.8 Å². The minimum Gasteiger partial charge on any atom is -0.331 e. The van der Waals surface area contributed by atoms with Crippen LogP contribution in [0, 0.1) is 0 Å². The van der Waals surface area contributed by atoms with E-state index in [1.165, 1.54) is 0 Å². The van der Waals surface area contributed by atoms with Crippen LogP contribution >= 0.6 is 23.4 Å². The van der Waals surface area contributed by atoms with Crippen LogP contribution in [0.2, 0.25) is 5.02 Å².